The minimum atomic E-state index is 0.517. The second-order valence-electron chi connectivity index (χ2n) is 3.40. The number of alkyl halides is 1. The lowest BCUT2D eigenvalue weighted by molar-refractivity contribution is 0.883. The monoisotopic (exact) mass is 298 g/mol. The average Bonchev–Trinajstić information content (AvgIpc) is 2.84. The van der Waals surface area contributed by atoms with Crippen LogP contribution in [0.3, 0.4) is 0 Å². The molecule has 0 saturated heterocycles. The number of nitrogens with zero attached hydrogens (tertiary/aromatic N) is 4. The van der Waals surface area contributed by atoms with Crippen molar-refractivity contribution in [3.8, 4) is 6.07 Å². The third-order valence-electron chi connectivity index (χ3n) is 2.39. The predicted molar refractivity (Wildman–Crippen MR) is 69.2 cm³/mol. The van der Waals surface area contributed by atoms with Crippen LogP contribution >= 0.6 is 27.3 Å². The summed E-state index contributed by atoms with van der Waals surface area (Å²) in [5, 5.41) is 11.4. The fourth-order valence-electron chi connectivity index (χ4n) is 1.57. The molecule has 0 aromatic carbocycles. The molecule has 2 aromatic heterocycles. The Hall–Kier alpha value is -1.06. The third-order valence-corrected chi connectivity index (χ3v) is 3.67. The van der Waals surface area contributed by atoms with Gasteiger partial charge in [0.05, 0.1) is 18.2 Å². The Morgan fingerprint density at radius 3 is 3.19 bits per heavy atom. The van der Waals surface area contributed by atoms with Crippen molar-refractivity contribution in [2.45, 2.75) is 11.8 Å². The van der Waals surface area contributed by atoms with Crippen molar-refractivity contribution in [3.05, 3.63) is 17.3 Å². The zero-order valence-corrected chi connectivity index (χ0v) is 11.3. The lowest BCUT2D eigenvalue weighted by Crippen LogP contribution is -2.19. The highest BCUT2D eigenvalue weighted by molar-refractivity contribution is 9.08. The van der Waals surface area contributed by atoms with Gasteiger partial charge in [0.2, 0.25) is 0 Å². The molecule has 16 heavy (non-hydrogen) atoms. The van der Waals surface area contributed by atoms with Crippen molar-refractivity contribution in [3.63, 3.8) is 0 Å². The summed E-state index contributed by atoms with van der Waals surface area (Å²) >= 11 is 5.10. The van der Waals surface area contributed by atoms with Gasteiger partial charge in [-0.3, -0.25) is 4.40 Å². The molecule has 84 valence electrons. The molecule has 0 radical (unpaired) electrons. The standard InChI is InChI=1S/C10H11BrN4S/c1-14(4-2-3-12)9-8(7-11)15-5-6-16-10(15)13-9/h5-6H,2,4,7H2,1H3. The van der Waals surface area contributed by atoms with E-state index >= 15 is 0 Å². The lowest BCUT2D eigenvalue weighted by Gasteiger charge is -2.15. The summed E-state index contributed by atoms with van der Waals surface area (Å²) in [5.74, 6) is 0.957. The molecule has 0 amide bonds. The van der Waals surface area contributed by atoms with Crippen LogP contribution in [0.5, 0.6) is 0 Å². The Balaban J connectivity index is 2.35. The van der Waals surface area contributed by atoms with E-state index in [1.165, 1.54) is 0 Å². The molecular formula is C10H11BrN4S. The van der Waals surface area contributed by atoms with Gasteiger partial charge in [0.1, 0.15) is 0 Å². The number of thiazole rings is 1. The maximum absolute atomic E-state index is 8.58. The fraction of sp³-hybridized carbons (Fsp3) is 0.400. The minimum absolute atomic E-state index is 0.517. The molecule has 0 N–H and O–H groups in total. The normalized spacial score (nSPS) is 10.6. The van der Waals surface area contributed by atoms with Gasteiger partial charge in [0, 0.05) is 30.5 Å². The van der Waals surface area contributed by atoms with Gasteiger partial charge in [-0.05, 0) is 0 Å². The van der Waals surface area contributed by atoms with Gasteiger partial charge in [0.15, 0.2) is 10.8 Å². The SMILES string of the molecule is CN(CCC#N)c1nc2sccn2c1CBr. The Morgan fingerprint density at radius 2 is 2.50 bits per heavy atom. The van der Waals surface area contributed by atoms with Crippen LogP contribution in [0.15, 0.2) is 11.6 Å². The van der Waals surface area contributed by atoms with Gasteiger partial charge in [-0.2, -0.15) is 5.26 Å². The Morgan fingerprint density at radius 1 is 1.69 bits per heavy atom. The van der Waals surface area contributed by atoms with Crippen LogP contribution < -0.4 is 4.90 Å². The molecule has 0 aliphatic carbocycles. The van der Waals surface area contributed by atoms with Crippen molar-refractivity contribution >= 4 is 38.0 Å². The first-order valence-corrected chi connectivity index (χ1v) is 6.86. The Labute approximate surface area is 106 Å². The third kappa shape index (κ3) is 1.93. The fourth-order valence-corrected chi connectivity index (χ4v) is 2.82. The van der Waals surface area contributed by atoms with Crippen molar-refractivity contribution in [1.82, 2.24) is 9.38 Å². The molecule has 6 heteroatoms. The van der Waals surface area contributed by atoms with E-state index in [0.29, 0.717) is 13.0 Å². The molecule has 0 bridgehead atoms. The number of anilines is 1. The first-order chi connectivity index (χ1) is 7.77. The molecule has 0 atom stereocenters. The molecule has 4 nitrogen and oxygen atoms in total. The van der Waals surface area contributed by atoms with E-state index in [1.807, 2.05) is 23.5 Å². The number of fused-ring (bicyclic) bond motifs is 1. The molecular weight excluding hydrogens is 288 g/mol. The Bertz CT molecular complexity index is 524. The second kappa shape index (κ2) is 4.85. The van der Waals surface area contributed by atoms with Crippen LogP contribution in [0.25, 0.3) is 4.96 Å². The summed E-state index contributed by atoms with van der Waals surface area (Å²) < 4.78 is 2.08. The smallest absolute Gasteiger partial charge is 0.195 e. The summed E-state index contributed by atoms with van der Waals surface area (Å²) in [5.41, 5.74) is 1.14. The number of imidazole rings is 1. The van der Waals surface area contributed by atoms with Crippen LogP contribution in [0, 0.1) is 11.3 Å². The number of hydrogen-bond acceptors (Lipinski definition) is 4. The Kier molecular flexibility index (Phi) is 3.46. The molecule has 0 aliphatic rings. The van der Waals surface area contributed by atoms with Crippen molar-refractivity contribution in [2.75, 3.05) is 18.5 Å². The summed E-state index contributed by atoms with van der Waals surface area (Å²) in [6.07, 6.45) is 2.54. The molecule has 0 unspecified atom stereocenters. The van der Waals surface area contributed by atoms with E-state index in [0.717, 1.165) is 21.8 Å². The topological polar surface area (TPSA) is 44.3 Å². The predicted octanol–water partition coefficient (Wildman–Crippen LogP) is 2.64. The molecule has 2 rings (SSSR count). The zero-order chi connectivity index (χ0) is 11.5. The maximum atomic E-state index is 8.58. The van der Waals surface area contributed by atoms with Crippen LogP contribution in [-0.2, 0) is 5.33 Å². The van der Waals surface area contributed by atoms with Gasteiger partial charge in [-0.15, -0.1) is 11.3 Å². The van der Waals surface area contributed by atoms with E-state index in [9.17, 15) is 0 Å². The van der Waals surface area contributed by atoms with Crippen molar-refractivity contribution < 1.29 is 0 Å². The van der Waals surface area contributed by atoms with Gasteiger partial charge in [-0.25, -0.2) is 4.98 Å². The summed E-state index contributed by atoms with van der Waals surface area (Å²) in [4.78, 5) is 7.59. The summed E-state index contributed by atoms with van der Waals surface area (Å²) in [6, 6.07) is 2.15. The summed E-state index contributed by atoms with van der Waals surface area (Å²) in [6.45, 7) is 0.710. The summed E-state index contributed by atoms with van der Waals surface area (Å²) in [7, 11) is 1.97. The number of halogens is 1. The first kappa shape index (κ1) is 11.4. The average molecular weight is 299 g/mol. The minimum Gasteiger partial charge on any atom is -0.357 e. The highest BCUT2D eigenvalue weighted by Gasteiger charge is 2.15. The maximum Gasteiger partial charge on any atom is 0.195 e. The van der Waals surface area contributed by atoms with Crippen LogP contribution in [-0.4, -0.2) is 23.0 Å². The largest absolute Gasteiger partial charge is 0.357 e. The number of hydrogen-bond donors (Lipinski definition) is 0. The van der Waals surface area contributed by atoms with Gasteiger partial charge < -0.3 is 4.90 Å². The van der Waals surface area contributed by atoms with E-state index in [1.54, 1.807) is 11.3 Å². The van der Waals surface area contributed by atoms with Crippen LogP contribution in [0.4, 0.5) is 5.82 Å². The van der Waals surface area contributed by atoms with Crippen molar-refractivity contribution in [2.24, 2.45) is 0 Å². The van der Waals surface area contributed by atoms with Gasteiger partial charge >= 0.3 is 0 Å². The molecule has 0 fully saturated rings. The highest BCUT2D eigenvalue weighted by Crippen LogP contribution is 2.25. The molecule has 0 spiro atoms. The number of aromatic nitrogens is 2. The lowest BCUT2D eigenvalue weighted by atomic mass is 10.4. The highest BCUT2D eigenvalue weighted by atomic mass is 79.9. The van der Waals surface area contributed by atoms with Gasteiger partial charge in [-0.1, -0.05) is 15.9 Å². The first-order valence-electron chi connectivity index (χ1n) is 4.86. The molecule has 0 aliphatic heterocycles. The van der Waals surface area contributed by atoms with Gasteiger partial charge in [0.25, 0.3) is 0 Å². The van der Waals surface area contributed by atoms with E-state index in [2.05, 4.69) is 31.4 Å². The number of nitriles is 1. The van der Waals surface area contributed by atoms with E-state index in [4.69, 9.17) is 5.26 Å². The second-order valence-corrected chi connectivity index (χ2v) is 4.83. The zero-order valence-electron chi connectivity index (χ0n) is 8.85. The van der Waals surface area contributed by atoms with E-state index in [-0.39, 0.29) is 0 Å². The number of rotatable bonds is 4. The van der Waals surface area contributed by atoms with Crippen molar-refractivity contribution in [1.29, 1.82) is 5.26 Å². The molecule has 0 saturated carbocycles. The molecule has 2 aromatic rings. The van der Waals surface area contributed by atoms with E-state index < -0.39 is 0 Å². The van der Waals surface area contributed by atoms with Crippen LogP contribution in [0.2, 0.25) is 0 Å². The quantitative estimate of drug-likeness (QED) is 0.815. The molecule has 2 heterocycles. The van der Waals surface area contributed by atoms with Crippen LogP contribution in [0.1, 0.15) is 12.1 Å².